The van der Waals surface area contributed by atoms with Crippen LogP contribution in [-0.4, -0.2) is 29.5 Å². The van der Waals surface area contributed by atoms with Gasteiger partial charge in [-0.05, 0) is 18.2 Å². The fourth-order valence-electron chi connectivity index (χ4n) is 2.36. The highest BCUT2D eigenvalue weighted by Crippen LogP contribution is 2.28. The van der Waals surface area contributed by atoms with Crippen molar-refractivity contribution in [1.82, 2.24) is 4.98 Å². The van der Waals surface area contributed by atoms with Crippen LogP contribution in [0.3, 0.4) is 0 Å². The molecule has 0 saturated carbocycles. The maximum Gasteiger partial charge on any atom is 0.270 e. The molecule has 3 aromatic rings. The van der Waals surface area contributed by atoms with Gasteiger partial charge in [0.05, 0.1) is 29.3 Å². The molecule has 1 amide bonds. The number of carbonyl (C=O) groups is 1. The smallest absolute Gasteiger partial charge is 0.270 e. The summed E-state index contributed by atoms with van der Waals surface area (Å²) in [7, 11) is 1.53. The van der Waals surface area contributed by atoms with Crippen LogP contribution in [0.4, 0.5) is 16.5 Å². The number of ether oxygens (including phenoxy) is 1. The number of anilines is 2. The van der Waals surface area contributed by atoms with Crippen molar-refractivity contribution in [2.24, 2.45) is 0 Å². The second-order valence-corrected chi connectivity index (χ2v) is 6.86. The van der Waals surface area contributed by atoms with Gasteiger partial charge in [0.25, 0.3) is 5.69 Å². The van der Waals surface area contributed by atoms with E-state index in [-0.39, 0.29) is 18.1 Å². The second kappa shape index (κ2) is 8.68. The number of amides is 1. The third-order valence-corrected chi connectivity index (χ3v) is 4.76. The van der Waals surface area contributed by atoms with Crippen LogP contribution in [-0.2, 0) is 4.79 Å². The van der Waals surface area contributed by atoms with Gasteiger partial charge in [-0.2, -0.15) is 0 Å². The second-order valence-electron chi connectivity index (χ2n) is 5.60. The van der Waals surface area contributed by atoms with E-state index in [1.54, 1.807) is 35.7 Å². The minimum atomic E-state index is -0.463. The van der Waals surface area contributed by atoms with Crippen LogP contribution >= 0.6 is 22.9 Å². The van der Waals surface area contributed by atoms with E-state index in [0.717, 1.165) is 0 Å². The van der Waals surface area contributed by atoms with Crippen LogP contribution in [0.5, 0.6) is 5.75 Å². The highest BCUT2D eigenvalue weighted by Gasteiger charge is 2.11. The number of aromatic nitrogens is 1. The number of hydrogen-bond donors (Lipinski definition) is 2. The first-order valence-corrected chi connectivity index (χ1v) is 9.29. The van der Waals surface area contributed by atoms with Crippen molar-refractivity contribution in [2.75, 3.05) is 24.3 Å². The summed E-state index contributed by atoms with van der Waals surface area (Å²) in [6.07, 6.45) is 0. The lowest BCUT2D eigenvalue weighted by atomic mass is 10.1. The third-order valence-electron chi connectivity index (χ3n) is 3.71. The highest BCUT2D eigenvalue weighted by molar-refractivity contribution is 7.14. The van der Waals surface area contributed by atoms with Gasteiger partial charge in [0.15, 0.2) is 5.13 Å². The minimum absolute atomic E-state index is 0.0153. The fourth-order valence-corrected chi connectivity index (χ4v) is 3.36. The quantitative estimate of drug-likeness (QED) is 0.434. The summed E-state index contributed by atoms with van der Waals surface area (Å²) in [5.74, 6) is 0.264. The molecular weight excluding hydrogens is 404 g/mol. The Balaban J connectivity index is 1.60. The van der Waals surface area contributed by atoms with E-state index in [1.165, 1.54) is 30.6 Å². The molecule has 0 aliphatic heterocycles. The lowest BCUT2D eigenvalue weighted by Gasteiger charge is -2.08. The summed E-state index contributed by atoms with van der Waals surface area (Å²) in [6, 6.07) is 11.3. The van der Waals surface area contributed by atoms with Crippen molar-refractivity contribution in [3.8, 4) is 17.0 Å². The zero-order valence-corrected chi connectivity index (χ0v) is 16.2. The van der Waals surface area contributed by atoms with Crippen molar-refractivity contribution in [3.05, 3.63) is 63.0 Å². The van der Waals surface area contributed by atoms with E-state index in [0.29, 0.717) is 32.8 Å². The largest absolute Gasteiger partial charge is 0.495 e. The van der Waals surface area contributed by atoms with E-state index < -0.39 is 4.92 Å². The average Bonchev–Trinajstić information content (AvgIpc) is 3.15. The summed E-state index contributed by atoms with van der Waals surface area (Å²) < 4.78 is 5.08. The highest BCUT2D eigenvalue weighted by atomic mass is 35.5. The first-order valence-electron chi connectivity index (χ1n) is 8.04. The Morgan fingerprint density at radius 2 is 2.14 bits per heavy atom. The zero-order chi connectivity index (χ0) is 20.1. The molecule has 0 fully saturated rings. The molecule has 8 nitrogen and oxygen atoms in total. The number of rotatable bonds is 7. The van der Waals surface area contributed by atoms with Crippen LogP contribution in [0.25, 0.3) is 11.3 Å². The molecule has 3 rings (SSSR count). The third kappa shape index (κ3) is 4.76. The maximum absolute atomic E-state index is 12.1. The summed E-state index contributed by atoms with van der Waals surface area (Å²) in [5, 5.41) is 19.1. The Hall–Kier alpha value is -3.17. The fraction of sp³-hybridized carbons (Fsp3) is 0.111. The predicted octanol–water partition coefficient (Wildman–Crippen LogP) is 4.43. The van der Waals surface area contributed by atoms with E-state index >= 15 is 0 Å². The molecule has 1 heterocycles. The maximum atomic E-state index is 12.1. The topological polar surface area (TPSA) is 106 Å². The molecule has 10 heteroatoms. The number of methoxy groups -OCH3 is 1. The van der Waals surface area contributed by atoms with Gasteiger partial charge in [-0.1, -0.05) is 23.7 Å². The van der Waals surface area contributed by atoms with Gasteiger partial charge in [0.2, 0.25) is 5.91 Å². The summed E-state index contributed by atoms with van der Waals surface area (Å²) in [4.78, 5) is 26.9. The number of carbonyl (C=O) groups excluding carboxylic acids is 1. The molecule has 28 heavy (non-hydrogen) atoms. The molecule has 0 saturated heterocycles. The Morgan fingerprint density at radius 1 is 1.32 bits per heavy atom. The number of halogens is 1. The molecular formula is C18H15ClN4O4S. The SMILES string of the molecule is COc1ccc(NCC(=O)Nc2nc(-c3cccc([N+](=O)[O-])c3)cs2)cc1Cl. The number of non-ortho nitro benzene ring substituents is 1. The van der Waals surface area contributed by atoms with E-state index in [1.807, 2.05) is 0 Å². The molecule has 0 aliphatic carbocycles. The van der Waals surface area contributed by atoms with E-state index in [4.69, 9.17) is 16.3 Å². The van der Waals surface area contributed by atoms with Crippen molar-refractivity contribution in [3.63, 3.8) is 0 Å². The predicted molar refractivity (Wildman–Crippen MR) is 109 cm³/mol. The molecule has 1 aromatic heterocycles. The molecule has 2 N–H and O–H groups in total. The van der Waals surface area contributed by atoms with Crippen molar-refractivity contribution < 1.29 is 14.5 Å². The van der Waals surface area contributed by atoms with Gasteiger partial charge in [-0.15, -0.1) is 11.3 Å². The molecule has 0 aliphatic rings. The average molecular weight is 419 g/mol. The van der Waals surface area contributed by atoms with Crippen molar-refractivity contribution >= 4 is 45.4 Å². The van der Waals surface area contributed by atoms with Gasteiger partial charge >= 0.3 is 0 Å². The lowest BCUT2D eigenvalue weighted by Crippen LogP contribution is -2.21. The van der Waals surface area contributed by atoms with Crippen LogP contribution in [0, 0.1) is 10.1 Å². The summed E-state index contributed by atoms with van der Waals surface area (Å²) in [6.45, 7) is 0.0222. The van der Waals surface area contributed by atoms with Gasteiger partial charge in [-0.25, -0.2) is 4.98 Å². The van der Waals surface area contributed by atoms with Gasteiger partial charge in [-0.3, -0.25) is 14.9 Å². The van der Waals surface area contributed by atoms with Gasteiger partial charge in [0, 0.05) is 28.8 Å². The van der Waals surface area contributed by atoms with E-state index in [9.17, 15) is 14.9 Å². The Labute approximate surface area is 169 Å². The summed E-state index contributed by atoms with van der Waals surface area (Å²) >= 11 is 7.29. The van der Waals surface area contributed by atoms with Gasteiger partial charge in [0.1, 0.15) is 5.75 Å². The van der Waals surface area contributed by atoms with Crippen LogP contribution in [0.2, 0.25) is 5.02 Å². The van der Waals surface area contributed by atoms with Gasteiger partial charge < -0.3 is 15.4 Å². The first kappa shape index (κ1) is 19.6. The van der Waals surface area contributed by atoms with E-state index in [2.05, 4.69) is 15.6 Å². The number of nitro groups is 1. The monoisotopic (exact) mass is 418 g/mol. The normalized spacial score (nSPS) is 10.4. The van der Waals surface area contributed by atoms with Crippen LogP contribution in [0.15, 0.2) is 47.8 Å². The number of hydrogen-bond acceptors (Lipinski definition) is 7. The molecule has 0 radical (unpaired) electrons. The molecule has 144 valence electrons. The molecule has 0 unspecified atom stereocenters. The Morgan fingerprint density at radius 3 is 2.86 bits per heavy atom. The minimum Gasteiger partial charge on any atom is -0.495 e. The Bertz CT molecular complexity index is 1020. The van der Waals surface area contributed by atoms with Crippen molar-refractivity contribution in [1.29, 1.82) is 0 Å². The molecule has 0 bridgehead atoms. The summed E-state index contributed by atoms with van der Waals surface area (Å²) in [5.41, 5.74) is 1.83. The number of nitrogens with zero attached hydrogens (tertiary/aromatic N) is 2. The standard InChI is InChI=1S/C18H15ClN4O4S/c1-27-16-6-5-12(8-14(16)19)20-9-17(24)22-18-21-15(10-28-18)11-3-2-4-13(7-11)23(25)26/h2-8,10,20H,9H2,1H3,(H,21,22,24). The number of nitrogens with one attached hydrogen (secondary N) is 2. The van der Waals surface area contributed by atoms with Crippen molar-refractivity contribution in [2.45, 2.75) is 0 Å². The number of nitro benzene ring substituents is 1. The number of benzene rings is 2. The lowest BCUT2D eigenvalue weighted by molar-refractivity contribution is -0.384. The Kier molecular flexibility index (Phi) is 6.07. The zero-order valence-electron chi connectivity index (χ0n) is 14.6. The first-order chi connectivity index (χ1) is 13.5. The van der Waals surface area contributed by atoms with Crippen LogP contribution in [0.1, 0.15) is 0 Å². The molecule has 0 spiro atoms. The molecule has 2 aromatic carbocycles. The number of thiazole rings is 1. The van der Waals surface area contributed by atoms with Crippen LogP contribution < -0.4 is 15.4 Å². The molecule has 0 atom stereocenters.